The Morgan fingerprint density at radius 1 is 1.56 bits per heavy atom. The molecular formula is C10H11NO5. The predicted octanol–water partition coefficient (Wildman–Crippen LogP) is 1.84. The van der Waals surface area contributed by atoms with Gasteiger partial charge in [0.2, 0.25) is 0 Å². The van der Waals surface area contributed by atoms with Crippen molar-refractivity contribution in [3.05, 3.63) is 34.4 Å². The number of para-hydroxylation sites is 2. The number of carboxylic acid groups (broad SMARTS) is 1. The fraction of sp³-hybridized carbons (Fsp3) is 0.300. The predicted molar refractivity (Wildman–Crippen MR) is 55.4 cm³/mol. The minimum atomic E-state index is -1.01. The van der Waals surface area contributed by atoms with Crippen LogP contribution in [0.3, 0.4) is 0 Å². The Hall–Kier alpha value is -2.11. The lowest BCUT2D eigenvalue weighted by Gasteiger charge is -2.12. The van der Waals surface area contributed by atoms with Crippen LogP contribution >= 0.6 is 0 Å². The van der Waals surface area contributed by atoms with Crippen molar-refractivity contribution < 1.29 is 19.6 Å². The van der Waals surface area contributed by atoms with Crippen molar-refractivity contribution in [3.8, 4) is 5.75 Å². The second-order valence-electron chi connectivity index (χ2n) is 3.25. The van der Waals surface area contributed by atoms with Crippen LogP contribution in [0.15, 0.2) is 24.3 Å². The summed E-state index contributed by atoms with van der Waals surface area (Å²) in [6, 6.07) is 5.86. The molecule has 0 saturated carbocycles. The molecule has 6 nitrogen and oxygen atoms in total. The standard InChI is InChI=1S/C10H11NO5/c1-7(6-10(12)13)16-9-5-3-2-4-8(9)11(14)15/h2-5,7H,6H2,1H3,(H,12,13)/t7-/m1/s1. The highest BCUT2D eigenvalue weighted by Gasteiger charge is 2.17. The Morgan fingerprint density at radius 3 is 2.75 bits per heavy atom. The number of carboxylic acids is 1. The van der Waals surface area contributed by atoms with Crippen LogP contribution in [0.2, 0.25) is 0 Å². The average Bonchev–Trinajstić information content (AvgIpc) is 2.16. The van der Waals surface area contributed by atoms with E-state index < -0.39 is 17.0 Å². The molecule has 0 saturated heterocycles. The monoisotopic (exact) mass is 225 g/mol. The zero-order valence-electron chi connectivity index (χ0n) is 8.62. The van der Waals surface area contributed by atoms with Crippen molar-refractivity contribution in [2.45, 2.75) is 19.4 Å². The first-order chi connectivity index (χ1) is 7.50. The van der Waals surface area contributed by atoms with Gasteiger partial charge < -0.3 is 9.84 Å². The Kier molecular flexibility index (Phi) is 3.82. The molecule has 1 atom stereocenters. The summed E-state index contributed by atoms with van der Waals surface area (Å²) < 4.78 is 5.20. The number of carbonyl (C=O) groups is 1. The number of aliphatic carboxylic acids is 1. The van der Waals surface area contributed by atoms with Crippen LogP contribution in [0.4, 0.5) is 5.69 Å². The summed E-state index contributed by atoms with van der Waals surface area (Å²) in [6.45, 7) is 1.55. The summed E-state index contributed by atoms with van der Waals surface area (Å²) in [7, 11) is 0. The molecule has 0 aliphatic rings. The molecule has 0 aliphatic carbocycles. The third kappa shape index (κ3) is 3.23. The lowest BCUT2D eigenvalue weighted by Crippen LogP contribution is -2.17. The molecule has 0 unspecified atom stereocenters. The third-order valence-electron chi connectivity index (χ3n) is 1.85. The van der Waals surface area contributed by atoms with Crippen LogP contribution in [0.5, 0.6) is 5.75 Å². The molecule has 6 heteroatoms. The molecule has 1 aromatic carbocycles. The number of nitrogens with zero attached hydrogens (tertiary/aromatic N) is 1. The van der Waals surface area contributed by atoms with Crippen molar-refractivity contribution in [1.82, 2.24) is 0 Å². The van der Waals surface area contributed by atoms with E-state index in [2.05, 4.69) is 0 Å². The lowest BCUT2D eigenvalue weighted by molar-refractivity contribution is -0.386. The quantitative estimate of drug-likeness (QED) is 0.609. The van der Waals surface area contributed by atoms with Gasteiger partial charge in [0.1, 0.15) is 6.10 Å². The molecule has 0 fully saturated rings. The highest BCUT2D eigenvalue weighted by Crippen LogP contribution is 2.27. The van der Waals surface area contributed by atoms with Crippen molar-refractivity contribution in [2.24, 2.45) is 0 Å². The van der Waals surface area contributed by atoms with E-state index in [1.807, 2.05) is 0 Å². The summed E-state index contributed by atoms with van der Waals surface area (Å²) in [5.41, 5.74) is -0.167. The lowest BCUT2D eigenvalue weighted by atomic mass is 10.2. The molecule has 16 heavy (non-hydrogen) atoms. The Labute approximate surface area is 91.6 Å². The maximum Gasteiger partial charge on any atom is 0.310 e. The summed E-state index contributed by atoms with van der Waals surface area (Å²) in [5, 5.41) is 19.2. The number of rotatable bonds is 5. The van der Waals surface area contributed by atoms with Crippen molar-refractivity contribution in [3.63, 3.8) is 0 Å². The highest BCUT2D eigenvalue weighted by atomic mass is 16.6. The molecule has 0 heterocycles. The van der Waals surface area contributed by atoms with E-state index in [4.69, 9.17) is 9.84 Å². The number of hydrogen-bond acceptors (Lipinski definition) is 4. The summed E-state index contributed by atoms with van der Waals surface area (Å²) in [6.07, 6.45) is -0.815. The van der Waals surface area contributed by atoms with Crippen LogP contribution in [0.25, 0.3) is 0 Å². The van der Waals surface area contributed by atoms with Crippen LogP contribution in [-0.4, -0.2) is 22.1 Å². The number of ether oxygens (including phenoxy) is 1. The van der Waals surface area contributed by atoms with E-state index in [1.54, 1.807) is 13.0 Å². The van der Waals surface area contributed by atoms with Gasteiger partial charge in [-0.2, -0.15) is 0 Å². The van der Waals surface area contributed by atoms with Gasteiger partial charge in [-0.15, -0.1) is 0 Å². The second kappa shape index (κ2) is 5.11. The van der Waals surface area contributed by atoms with Gasteiger partial charge in [0.15, 0.2) is 5.75 Å². The van der Waals surface area contributed by atoms with Gasteiger partial charge in [-0.05, 0) is 13.0 Å². The van der Waals surface area contributed by atoms with E-state index >= 15 is 0 Å². The number of nitro groups is 1. The zero-order chi connectivity index (χ0) is 12.1. The molecule has 0 bridgehead atoms. The fourth-order valence-corrected chi connectivity index (χ4v) is 1.21. The molecule has 0 spiro atoms. The highest BCUT2D eigenvalue weighted by molar-refractivity contribution is 5.67. The molecule has 0 amide bonds. The van der Waals surface area contributed by atoms with E-state index in [0.717, 1.165) is 0 Å². The van der Waals surface area contributed by atoms with Gasteiger partial charge in [0, 0.05) is 6.07 Å². The first kappa shape index (κ1) is 12.0. The molecule has 86 valence electrons. The normalized spacial score (nSPS) is 11.8. The van der Waals surface area contributed by atoms with Crippen molar-refractivity contribution in [1.29, 1.82) is 0 Å². The molecule has 1 N–H and O–H groups in total. The van der Waals surface area contributed by atoms with Gasteiger partial charge >= 0.3 is 11.7 Å². The Morgan fingerprint density at radius 2 is 2.19 bits per heavy atom. The second-order valence-corrected chi connectivity index (χ2v) is 3.25. The largest absolute Gasteiger partial charge is 0.483 e. The van der Waals surface area contributed by atoms with Crippen molar-refractivity contribution >= 4 is 11.7 Å². The number of hydrogen-bond donors (Lipinski definition) is 1. The molecule has 0 aromatic heterocycles. The van der Waals surface area contributed by atoms with Crippen molar-refractivity contribution in [2.75, 3.05) is 0 Å². The summed E-state index contributed by atoms with van der Waals surface area (Å²) >= 11 is 0. The van der Waals surface area contributed by atoms with E-state index in [1.165, 1.54) is 18.2 Å². The molecule has 1 rings (SSSR count). The van der Waals surface area contributed by atoms with Gasteiger partial charge in [0.25, 0.3) is 0 Å². The number of nitro benzene ring substituents is 1. The Balaban J connectivity index is 2.80. The maximum absolute atomic E-state index is 10.6. The Bertz CT molecular complexity index is 404. The van der Waals surface area contributed by atoms with Gasteiger partial charge in [0.05, 0.1) is 11.3 Å². The minimum Gasteiger partial charge on any atom is -0.483 e. The van der Waals surface area contributed by atoms with Crippen LogP contribution in [0.1, 0.15) is 13.3 Å². The SMILES string of the molecule is C[C@H](CC(=O)O)Oc1ccccc1[N+](=O)[O-]. The average molecular weight is 225 g/mol. The van der Waals surface area contributed by atoms with Crippen LogP contribution in [-0.2, 0) is 4.79 Å². The molecule has 0 radical (unpaired) electrons. The number of benzene rings is 1. The van der Waals surface area contributed by atoms with Crippen LogP contribution < -0.4 is 4.74 Å². The molecule has 0 aliphatic heterocycles. The fourth-order valence-electron chi connectivity index (χ4n) is 1.21. The first-order valence-electron chi connectivity index (χ1n) is 4.62. The molecular weight excluding hydrogens is 214 g/mol. The topological polar surface area (TPSA) is 89.7 Å². The van der Waals surface area contributed by atoms with E-state index in [-0.39, 0.29) is 17.9 Å². The minimum absolute atomic E-state index is 0.0845. The zero-order valence-corrected chi connectivity index (χ0v) is 8.62. The third-order valence-corrected chi connectivity index (χ3v) is 1.85. The van der Waals surface area contributed by atoms with Gasteiger partial charge in [-0.3, -0.25) is 14.9 Å². The summed E-state index contributed by atoms with van der Waals surface area (Å²) in [4.78, 5) is 20.5. The van der Waals surface area contributed by atoms with E-state index in [9.17, 15) is 14.9 Å². The smallest absolute Gasteiger partial charge is 0.310 e. The maximum atomic E-state index is 10.6. The van der Waals surface area contributed by atoms with Crippen LogP contribution in [0, 0.1) is 10.1 Å². The van der Waals surface area contributed by atoms with Gasteiger partial charge in [-0.1, -0.05) is 12.1 Å². The van der Waals surface area contributed by atoms with E-state index in [0.29, 0.717) is 0 Å². The first-order valence-corrected chi connectivity index (χ1v) is 4.62. The van der Waals surface area contributed by atoms with Gasteiger partial charge in [-0.25, -0.2) is 0 Å². The summed E-state index contributed by atoms with van der Waals surface area (Å²) in [5.74, 6) is -0.924. The molecule has 1 aromatic rings.